The molecule has 3 rings (SSSR count). The van der Waals surface area contributed by atoms with E-state index in [1.165, 1.54) is 0 Å². The molecule has 0 aliphatic carbocycles. The predicted molar refractivity (Wildman–Crippen MR) is 113 cm³/mol. The summed E-state index contributed by atoms with van der Waals surface area (Å²) in [6.07, 6.45) is 3.32. The Kier molecular flexibility index (Phi) is 7.67. The van der Waals surface area contributed by atoms with E-state index in [4.69, 9.17) is 14.2 Å². The molecular weight excluding hydrogens is 368 g/mol. The summed E-state index contributed by atoms with van der Waals surface area (Å²) in [5, 5.41) is 3.14. The number of carbonyl (C=O) groups is 1. The van der Waals surface area contributed by atoms with E-state index in [0.29, 0.717) is 11.5 Å². The molecule has 0 radical (unpaired) electrons. The molecule has 0 spiro atoms. The number of rotatable bonds is 8. The van der Waals surface area contributed by atoms with E-state index in [2.05, 4.69) is 10.2 Å². The number of methoxy groups -OCH3 is 2. The molecule has 1 heterocycles. The van der Waals surface area contributed by atoms with Crippen LogP contribution in [0.5, 0.6) is 11.5 Å². The fourth-order valence-corrected chi connectivity index (χ4v) is 3.31. The Balaban J connectivity index is 1.68. The van der Waals surface area contributed by atoms with Gasteiger partial charge in [-0.15, -0.1) is 0 Å². The summed E-state index contributed by atoms with van der Waals surface area (Å²) in [7, 11) is 3.19. The van der Waals surface area contributed by atoms with E-state index in [9.17, 15) is 4.79 Å². The van der Waals surface area contributed by atoms with Crippen molar-refractivity contribution in [3.05, 3.63) is 65.7 Å². The van der Waals surface area contributed by atoms with Gasteiger partial charge in [0.15, 0.2) is 11.5 Å². The molecule has 1 aliphatic rings. The van der Waals surface area contributed by atoms with Crippen LogP contribution in [0.1, 0.15) is 17.2 Å². The van der Waals surface area contributed by atoms with E-state index in [0.717, 1.165) is 44.0 Å². The zero-order valence-corrected chi connectivity index (χ0v) is 17.0. The van der Waals surface area contributed by atoms with Crippen molar-refractivity contribution in [2.75, 3.05) is 47.1 Å². The molecule has 0 saturated carbocycles. The first-order chi connectivity index (χ1) is 14.2. The largest absolute Gasteiger partial charge is 0.493 e. The molecule has 1 fully saturated rings. The van der Waals surface area contributed by atoms with Crippen molar-refractivity contribution in [3.63, 3.8) is 0 Å². The van der Waals surface area contributed by atoms with E-state index in [1.54, 1.807) is 26.4 Å². The number of benzene rings is 2. The Morgan fingerprint density at radius 2 is 1.83 bits per heavy atom. The Morgan fingerprint density at radius 1 is 1.10 bits per heavy atom. The Bertz CT molecular complexity index is 817. The maximum absolute atomic E-state index is 12.6. The molecule has 1 N–H and O–H groups in total. The van der Waals surface area contributed by atoms with Crippen LogP contribution in [0.3, 0.4) is 0 Å². The summed E-state index contributed by atoms with van der Waals surface area (Å²) in [6, 6.07) is 15.5. The third-order valence-electron chi connectivity index (χ3n) is 4.90. The minimum absolute atomic E-state index is 0.0862. The van der Waals surface area contributed by atoms with Crippen molar-refractivity contribution in [3.8, 4) is 11.5 Å². The maximum Gasteiger partial charge on any atom is 0.244 e. The molecule has 1 amide bonds. The fourth-order valence-electron chi connectivity index (χ4n) is 3.31. The lowest BCUT2D eigenvalue weighted by Crippen LogP contribution is -2.42. The van der Waals surface area contributed by atoms with Crippen molar-refractivity contribution in [1.29, 1.82) is 0 Å². The third kappa shape index (κ3) is 6.07. The summed E-state index contributed by atoms with van der Waals surface area (Å²) in [5.74, 6) is 1.15. The lowest BCUT2D eigenvalue weighted by atomic mass is 10.1. The first-order valence-corrected chi connectivity index (χ1v) is 9.75. The Morgan fingerprint density at radius 3 is 2.52 bits per heavy atom. The smallest absolute Gasteiger partial charge is 0.244 e. The van der Waals surface area contributed by atoms with E-state index >= 15 is 0 Å². The highest BCUT2D eigenvalue weighted by atomic mass is 16.5. The standard InChI is InChI=1S/C23H28N2O4/c1-27-21-10-8-18(16-22(21)28-2)9-11-23(26)24-20(19-6-4-3-5-7-19)17-25-12-14-29-15-13-25/h3-11,16,20H,12-15,17H2,1-2H3,(H,24,26)/b11-9+/t20-/m0/s1. The van der Waals surface area contributed by atoms with Gasteiger partial charge < -0.3 is 19.5 Å². The topological polar surface area (TPSA) is 60.0 Å². The van der Waals surface area contributed by atoms with Crippen LogP contribution in [0.4, 0.5) is 0 Å². The number of ether oxygens (including phenoxy) is 3. The second-order valence-electron chi connectivity index (χ2n) is 6.83. The summed E-state index contributed by atoms with van der Waals surface area (Å²) >= 11 is 0. The number of amides is 1. The van der Waals surface area contributed by atoms with Gasteiger partial charge in [0.25, 0.3) is 0 Å². The van der Waals surface area contributed by atoms with Crippen molar-refractivity contribution in [1.82, 2.24) is 10.2 Å². The molecule has 2 aromatic carbocycles. The lowest BCUT2D eigenvalue weighted by Gasteiger charge is -2.31. The molecule has 6 nitrogen and oxygen atoms in total. The van der Waals surface area contributed by atoms with E-state index < -0.39 is 0 Å². The van der Waals surface area contributed by atoms with Crippen LogP contribution >= 0.6 is 0 Å². The van der Waals surface area contributed by atoms with Crippen LogP contribution in [0.2, 0.25) is 0 Å². The van der Waals surface area contributed by atoms with Crippen molar-refractivity contribution in [2.24, 2.45) is 0 Å². The van der Waals surface area contributed by atoms with Crippen LogP contribution in [0.15, 0.2) is 54.6 Å². The quantitative estimate of drug-likeness (QED) is 0.696. The van der Waals surface area contributed by atoms with Crippen LogP contribution in [0.25, 0.3) is 6.08 Å². The minimum Gasteiger partial charge on any atom is -0.493 e. The average Bonchev–Trinajstić information content (AvgIpc) is 2.78. The first-order valence-electron chi connectivity index (χ1n) is 9.75. The molecule has 0 unspecified atom stereocenters. The second-order valence-corrected chi connectivity index (χ2v) is 6.83. The van der Waals surface area contributed by atoms with Crippen molar-refractivity contribution in [2.45, 2.75) is 6.04 Å². The SMILES string of the molecule is COc1ccc(/C=C/C(=O)N[C@@H](CN2CCOCC2)c2ccccc2)cc1OC. The number of nitrogens with one attached hydrogen (secondary N) is 1. The number of hydrogen-bond acceptors (Lipinski definition) is 5. The van der Waals surface area contributed by atoms with Gasteiger partial charge in [-0.1, -0.05) is 36.4 Å². The second kappa shape index (κ2) is 10.6. The molecule has 2 aromatic rings. The number of nitrogens with zero attached hydrogens (tertiary/aromatic N) is 1. The van der Waals surface area contributed by atoms with E-state index in [1.807, 2.05) is 48.5 Å². The highest BCUT2D eigenvalue weighted by Gasteiger charge is 2.19. The van der Waals surface area contributed by atoms with Gasteiger partial charge in [0.1, 0.15) is 0 Å². The van der Waals surface area contributed by atoms with Crippen molar-refractivity contribution < 1.29 is 19.0 Å². The summed E-state index contributed by atoms with van der Waals surface area (Å²) < 4.78 is 16.0. The summed E-state index contributed by atoms with van der Waals surface area (Å²) in [4.78, 5) is 14.9. The van der Waals surface area contributed by atoms with Gasteiger partial charge in [-0.3, -0.25) is 9.69 Å². The highest BCUT2D eigenvalue weighted by Crippen LogP contribution is 2.28. The molecule has 6 heteroatoms. The van der Waals surface area contributed by atoms with Crippen LogP contribution in [-0.2, 0) is 9.53 Å². The third-order valence-corrected chi connectivity index (χ3v) is 4.90. The maximum atomic E-state index is 12.6. The zero-order valence-electron chi connectivity index (χ0n) is 17.0. The lowest BCUT2D eigenvalue weighted by molar-refractivity contribution is -0.117. The Labute approximate surface area is 172 Å². The molecular formula is C23H28N2O4. The predicted octanol–water partition coefficient (Wildman–Crippen LogP) is 2.91. The number of morpholine rings is 1. The normalized spacial score (nSPS) is 15.8. The fraction of sp³-hybridized carbons (Fsp3) is 0.348. The molecule has 1 atom stereocenters. The van der Waals surface area contributed by atoms with E-state index in [-0.39, 0.29) is 11.9 Å². The zero-order chi connectivity index (χ0) is 20.5. The average molecular weight is 396 g/mol. The highest BCUT2D eigenvalue weighted by molar-refractivity contribution is 5.92. The first kappa shape index (κ1) is 20.9. The van der Waals surface area contributed by atoms with Crippen LogP contribution < -0.4 is 14.8 Å². The van der Waals surface area contributed by atoms with Crippen molar-refractivity contribution >= 4 is 12.0 Å². The molecule has 154 valence electrons. The van der Waals surface area contributed by atoms with Crippen LogP contribution in [0, 0.1) is 0 Å². The van der Waals surface area contributed by atoms with Gasteiger partial charge in [0.05, 0.1) is 33.5 Å². The van der Waals surface area contributed by atoms with Gasteiger partial charge >= 0.3 is 0 Å². The summed E-state index contributed by atoms with van der Waals surface area (Å²) in [6.45, 7) is 3.97. The van der Waals surface area contributed by atoms with Crippen LogP contribution in [-0.4, -0.2) is 57.9 Å². The Hall–Kier alpha value is -2.83. The van der Waals surface area contributed by atoms with Gasteiger partial charge in [-0.05, 0) is 29.3 Å². The number of hydrogen-bond donors (Lipinski definition) is 1. The molecule has 29 heavy (non-hydrogen) atoms. The van der Waals surface area contributed by atoms with Gasteiger partial charge in [-0.2, -0.15) is 0 Å². The molecule has 1 saturated heterocycles. The number of carbonyl (C=O) groups excluding carboxylic acids is 1. The molecule has 0 aromatic heterocycles. The minimum atomic E-state index is -0.137. The monoisotopic (exact) mass is 396 g/mol. The van der Waals surface area contributed by atoms with Gasteiger partial charge in [-0.25, -0.2) is 0 Å². The summed E-state index contributed by atoms with van der Waals surface area (Å²) in [5.41, 5.74) is 1.95. The molecule has 1 aliphatic heterocycles. The van der Waals surface area contributed by atoms with Gasteiger partial charge in [0, 0.05) is 25.7 Å². The van der Waals surface area contributed by atoms with Gasteiger partial charge in [0.2, 0.25) is 5.91 Å². The molecule has 0 bridgehead atoms.